The van der Waals surface area contributed by atoms with E-state index in [1.807, 2.05) is 18.1 Å². The first kappa shape index (κ1) is 21.9. The summed E-state index contributed by atoms with van der Waals surface area (Å²) in [5.41, 5.74) is 0.860. The topological polar surface area (TPSA) is 69.0 Å². The molecule has 9 heteroatoms. The summed E-state index contributed by atoms with van der Waals surface area (Å²) in [7, 11) is 3.64. The minimum Gasteiger partial charge on any atom is -0.356 e. The zero-order chi connectivity index (χ0) is 18.5. The highest BCUT2D eigenvalue weighted by Crippen LogP contribution is 2.16. The van der Waals surface area contributed by atoms with E-state index in [0.717, 1.165) is 31.3 Å². The monoisotopic (exact) mass is 489 g/mol. The molecule has 1 aromatic heterocycles. The molecule has 8 nitrogen and oxygen atoms in total. The van der Waals surface area contributed by atoms with Crippen LogP contribution in [-0.2, 0) is 11.8 Å². The third-order valence-corrected chi connectivity index (χ3v) is 5.11. The van der Waals surface area contributed by atoms with Crippen molar-refractivity contribution < 1.29 is 4.79 Å². The molecule has 0 radical (unpaired) electrons. The molecule has 27 heavy (non-hydrogen) atoms. The van der Waals surface area contributed by atoms with Crippen LogP contribution in [0, 0.1) is 5.92 Å². The molecule has 1 amide bonds. The van der Waals surface area contributed by atoms with Gasteiger partial charge in [0.15, 0.2) is 5.96 Å². The van der Waals surface area contributed by atoms with Gasteiger partial charge in [-0.15, -0.1) is 24.0 Å². The number of anilines is 1. The number of halogens is 1. The number of piperazine rings is 1. The summed E-state index contributed by atoms with van der Waals surface area (Å²) in [6.07, 6.45) is 6.26. The average Bonchev–Trinajstić information content (AvgIpc) is 3.27. The first-order valence-corrected chi connectivity index (χ1v) is 9.54. The Morgan fingerprint density at radius 3 is 2.63 bits per heavy atom. The van der Waals surface area contributed by atoms with Gasteiger partial charge in [0.2, 0.25) is 5.91 Å². The van der Waals surface area contributed by atoms with E-state index >= 15 is 0 Å². The predicted molar refractivity (Wildman–Crippen MR) is 119 cm³/mol. The van der Waals surface area contributed by atoms with Crippen molar-refractivity contribution in [2.45, 2.75) is 19.8 Å². The Hall–Kier alpha value is -1.36. The van der Waals surface area contributed by atoms with E-state index in [0.29, 0.717) is 19.0 Å². The van der Waals surface area contributed by atoms with Crippen molar-refractivity contribution in [2.75, 3.05) is 57.8 Å². The Morgan fingerprint density at radius 1 is 1.30 bits per heavy atom. The molecule has 1 aromatic rings. The minimum atomic E-state index is 0. The number of aromatic nitrogens is 2. The van der Waals surface area contributed by atoms with E-state index in [9.17, 15) is 4.79 Å². The summed E-state index contributed by atoms with van der Waals surface area (Å²) < 4.78 is 1.72. The van der Waals surface area contributed by atoms with Crippen LogP contribution >= 0.6 is 24.0 Å². The third-order valence-electron chi connectivity index (χ3n) is 5.11. The van der Waals surface area contributed by atoms with Crippen LogP contribution in [-0.4, -0.2) is 84.3 Å². The lowest BCUT2D eigenvalue weighted by Gasteiger charge is -2.35. The summed E-state index contributed by atoms with van der Waals surface area (Å²) in [6.45, 7) is 8.47. The minimum absolute atomic E-state index is 0. The molecule has 2 saturated heterocycles. The van der Waals surface area contributed by atoms with Crippen LogP contribution in [0.25, 0.3) is 0 Å². The van der Waals surface area contributed by atoms with Crippen molar-refractivity contribution in [2.24, 2.45) is 18.0 Å². The fraction of sp³-hybridized carbons (Fsp3) is 0.722. The van der Waals surface area contributed by atoms with Gasteiger partial charge in [-0.05, 0) is 31.8 Å². The van der Waals surface area contributed by atoms with Crippen LogP contribution in [0.3, 0.4) is 0 Å². The van der Waals surface area contributed by atoms with Gasteiger partial charge in [-0.3, -0.25) is 14.5 Å². The van der Waals surface area contributed by atoms with E-state index in [-0.39, 0.29) is 29.9 Å². The molecular weight excluding hydrogens is 457 g/mol. The summed E-state index contributed by atoms with van der Waals surface area (Å²) in [4.78, 5) is 23.3. The maximum atomic E-state index is 12.6. The van der Waals surface area contributed by atoms with Crippen molar-refractivity contribution >= 4 is 41.5 Å². The summed E-state index contributed by atoms with van der Waals surface area (Å²) in [6, 6.07) is 0. The second-order valence-electron chi connectivity index (χ2n) is 7.38. The number of amides is 1. The molecule has 1 N–H and O–H groups in total. The van der Waals surface area contributed by atoms with Crippen LogP contribution in [0.5, 0.6) is 0 Å². The molecule has 3 heterocycles. The second kappa shape index (κ2) is 10.3. The van der Waals surface area contributed by atoms with E-state index in [4.69, 9.17) is 0 Å². The van der Waals surface area contributed by atoms with Gasteiger partial charge in [0.1, 0.15) is 6.54 Å². The van der Waals surface area contributed by atoms with Crippen LogP contribution in [0.1, 0.15) is 19.8 Å². The Morgan fingerprint density at radius 2 is 2.04 bits per heavy atom. The lowest BCUT2D eigenvalue weighted by molar-refractivity contribution is -0.120. The molecule has 0 spiro atoms. The maximum Gasteiger partial charge on any atom is 0.246 e. The van der Waals surface area contributed by atoms with Crippen LogP contribution in [0.15, 0.2) is 17.4 Å². The van der Waals surface area contributed by atoms with Crippen molar-refractivity contribution in [1.82, 2.24) is 24.9 Å². The number of likely N-dealkylation sites (tertiary alicyclic amines) is 1. The van der Waals surface area contributed by atoms with Gasteiger partial charge in [0.25, 0.3) is 0 Å². The molecular formula is C18H32IN7O. The van der Waals surface area contributed by atoms with E-state index in [1.54, 1.807) is 22.8 Å². The number of guanidine groups is 1. The Balaban J connectivity index is 0.00000261. The van der Waals surface area contributed by atoms with Gasteiger partial charge >= 0.3 is 0 Å². The average molecular weight is 489 g/mol. The zero-order valence-corrected chi connectivity index (χ0v) is 18.9. The highest BCUT2D eigenvalue weighted by atomic mass is 127. The normalized spacial score (nSPS) is 20.0. The molecule has 0 aromatic carbocycles. The number of hydrogen-bond donors (Lipinski definition) is 1. The van der Waals surface area contributed by atoms with Crippen molar-refractivity contribution in [3.8, 4) is 0 Å². The van der Waals surface area contributed by atoms with Gasteiger partial charge in [-0.1, -0.05) is 6.92 Å². The standard InChI is InChI=1S/C18H31N7O.HI/c1-15(12-23-6-4-5-7-23)10-20-18(19-2)24-8-9-25(17(26)14-24)16-11-21-22(3)13-16;/h11,13,15H,4-10,12,14H2,1-3H3,(H,19,20);1H. The van der Waals surface area contributed by atoms with Crippen LogP contribution in [0.4, 0.5) is 5.69 Å². The molecule has 2 aliphatic heterocycles. The smallest absolute Gasteiger partial charge is 0.246 e. The number of aliphatic imine (C=N–C) groups is 1. The molecule has 2 aliphatic rings. The van der Waals surface area contributed by atoms with E-state index in [2.05, 4.69) is 27.2 Å². The number of carbonyl (C=O) groups excluding carboxylic acids is 1. The van der Waals surface area contributed by atoms with Gasteiger partial charge in [0, 0.05) is 46.5 Å². The molecule has 152 valence electrons. The van der Waals surface area contributed by atoms with Gasteiger partial charge in [0.05, 0.1) is 11.9 Å². The van der Waals surface area contributed by atoms with Gasteiger partial charge in [-0.2, -0.15) is 5.10 Å². The lowest BCUT2D eigenvalue weighted by atomic mass is 10.1. The van der Waals surface area contributed by atoms with Crippen molar-refractivity contribution in [3.63, 3.8) is 0 Å². The zero-order valence-electron chi connectivity index (χ0n) is 16.6. The SMILES string of the molecule is CN=C(NCC(C)CN1CCCC1)N1CCN(c2cnn(C)c2)C(=O)C1.I. The van der Waals surface area contributed by atoms with Crippen molar-refractivity contribution in [3.05, 3.63) is 12.4 Å². The number of nitrogens with zero attached hydrogens (tertiary/aromatic N) is 6. The van der Waals surface area contributed by atoms with Gasteiger partial charge < -0.3 is 20.0 Å². The number of hydrogen-bond acceptors (Lipinski definition) is 4. The Labute approximate surface area is 179 Å². The largest absolute Gasteiger partial charge is 0.356 e. The lowest BCUT2D eigenvalue weighted by Crippen LogP contribution is -2.55. The van der Waals surface area contributed by atoms with Gasteiger partial charge in [-0.25, -0.2) is 0 Å². The predicted octanol–water partition coefficient (Wildman–Crippen LogP) is 0.994. The number of nitrogens with one attached hydrogen (secondary N) is 1. The first-order valence-electron chi connectivity index (χ1n) is 9.54. The molecule has 1 atom stereocenters. The summed E-state index contributed by atoms with van der Waals surface area (Å²) in [5.74, 6) is 1.45. The van der Waals surface area contributed by atoms with Crippen LogP contribution < -0.4 is 10.2 Å². The number of carbonyl (C=O) groups is 1. The highest BCUT2D eigenvalue weighted by molar-refractivity contribution is 14.0. The Kier molecular flexibility index (Phi) is 8.33. The summed E-state index contributed by atoms with van der Waals surface area (Å²) in [5, 5.41) is 7.61. The van der Waals surface area contributed by atoms with Crippen LogP contribution in [0.2, 0.25) is 0 Å². The summed E-state index contributed by atoms with van der Waals surface area (Å²) >= 11 is 0. The van der Waals surface area contributed by atoms with E-state index in [1.165, 1.54) is 25.9 Å². The highest BCUT2D eigenvalue weighted by Gasteiger charge is 2.27. The molecule has 0 bridgehead atoms. The molecule has 0 saturated carbocycles. The quantitative estimate of drug-likeness (QED) is 0.380. The van der Waals surface area contributed by atoms with Crippen molar-refractivity contribution in [1.29, 1.82) is 0 Å². The van der Waals surface area contributed by atoms with E-state index < -0.39 is 0 Å². The molecule has 2 fully saturated rings. The first-order chi connectivity index (χ1) is 12.6. The fourth-order valence-electron chi connectivity index (χ4n) is 3.74. The number of rotatable bonds is 5. The molecule has 3 rings (SSSR count). The molecule has 1 unspecified atom stereocenters. The third kappa shape index (κ3) is 5.81. The fourth-order valence-corrected chi connectivity index (χ4v) is 3.74. The number of aryl methyl sites for hydroxylation is 1. The molecule has 0 aliphatic carbocycles. The second-order valence-corrected chi connectivity index (χ2v) is 7.38. The Bertz CT molecular complexity index is 641. The maximum absolute atomic E-state index is 12.6.